The van der Waals surface area contributed by atoms with Gasteiger partial charge in [0.2, 0.25) is 0 Å². The Morgan fingerprint density at radius 3 is 2.79 bits per heavy atom. The van der Waals surface area contributed by atoms with E-state index in [-0.39, 0.29) is 5.78 Å². The predicted octanol–water partition coefficient (Wildman–Crippen LogP) is 1.78. The SMILES string of the molecule is CC(=O)c1cc(C)nc2n[nH]c(C)c12. The van der Waals surface area contributed by atoms with Gasteiger partial charge in [0.1, 0.15) is 0 Å². The Morgan fingerprint density at radius 1 is 1.43 bits per heavy atom. The van der Waals surface area contributed by atoms with Gasteiger partial charge in [0, 0.05) is 17.0 Å². The molecule has 72 valence electrons. The van der Waals surface area contributed by atoms with E-state index in [2.05, 4.69) is 15.2 Å². The quantitative estimate of drug-likeness (QED) is 0.695. The smallest absolute Gasteiger partial charge is 0.182 e. The highest BCUT2D eigenvalue weighted by molar-refractivity contribution is 6.06. The highest BCUT2D eigenvalue weighted by atomic mass is 16.1. The van der Waals surface area contributed by atoms with Crippen LogP contribution in [0.1, 0.15) is 28.7 Å². The van der Waals surface area contributed by atoms with Gasteiger partial charge in [0.15, 0.2) is 11.4 Å². The number of nitrogens with one attached hydrogen (secondary N) is 1. The molecule has 0 bridgehead atoms. The molecular formula is C10H11N3O. The molecule has 0 aliphatic carbocycles. The van der Waals surface area contributed by atoms with Crippen molar-refractivity contribution in [3.8, 4) is 0 Å². The van der Waals surface area contributed by atoms with Crippen LogP contribution in [0.4, 0.5) is 0 Å². The van der Waals surface area contributed by atoms with Crippen molar-refractivity contribution in [1.82, 2.24) is 15.2 Å². The number of Topliss-reactive ketones (excluding diaryl/α,β-unsaturated/α-hetero) is 1. The molecule has 4 heteroatoms. The zero-order valence-corrected chi connectivity index (χ0v) is 8.38. The Kier molecular flexibility index (Phi) is 1.84. The molecular weight excluding hydrogens is 178 g/mol. The monoisotopic (exact) mass is 189 g/mol. The second kappa shape index (κ2) is 2.90. The van der Waals surface area contributed by atoms with Crippen molar-refractivity contribution in [2.45, 2.75) is 20.8 Å². The zero-order chi connectivity index (χ0) is 10.3. The van der Waals surface area contributed by atoms with Crippen molar-refractivity contribution < 1.29 is 4.79 Å². The van der Waals surface area contributed by atoms with Gasteiger partial charge in [-0.2, -0.15) is 5.10 Å². The number of hydrogen-bond acceptors (Lipinski definition) is 3. The fourth-order valence-electron chi connectivity index (χ4n) is 1.58. The molecule has 0 aliphatic heterocycles. The first-order valence-electron chi connectivity index (χ1n) is 4.43. The number of carbonyl (C=O) groups is 1. The lowest BCUT2D eigenvalue weighted by atomic mass is 10.1. The van der Waals surface area contributed by atoms with Gasteiger partial charge >= 0.3 is 0 Å². The average Bonchev–Trinajstić information content (AvgIpc) is 2.46. The van der Waals surface area contributed by atoms with E-state index >= 15 is 0 Å². The van der Waals surface area contributed by atoms with Crippen LogP contribution in [0.25, 0.3) is 11.0 Å². The van der Waals surface area contributed by atoms with Crippen LogP contribution in [-0.4, -0.2) is 21.0 Å². The van der Waals surface area contributed by atoms with Gasteiger partial charge < -0.3 is 0 Å². The van der Waals surface area contributed by atoms with E-state index in [9.17, 15) is 4.79 Å². The Labute approximate surface area is 81.4 Å². The van der Waals surface area contributed by atoms with Gasteiger partial charge in [-0.05, 0) is 26.8 Å². The van der Waals surface area contributed by atoms with Crippen LogP contribution in [0.3, 0.4) is 0 Å². The van der Waals surface area contributed by atoms with Gasteiger partial charge in [-0.15, -0.1) is 0 Å². The van der Waals surface area contributed by atoms with Gasteiger partial charge in [0.25, 0.3) is 0 Å². The van der Waals surface area contributed by atoms with Crippen molar-refractivity contribution in [1.29, 1.82) is 0 Å². The summed E-state index contributed by atoms with van der Waals surface area (Å²) in [6.07, 6.45) is 0. The third-order valence-electron chi connectivity index (χ3n) is 2.21. The Hall–Kier alpha value is -1.71. The number of aromatic nitrogens is 3. The molecule has 0 radical (unpaired) electrons. The summed E-state index contributed by atoms with van der Waals surface area (Å²) in [4.78, 5) is 15.6. The summed E-state index contributed by atoms with van der Waals surface area (Å²) >= 11 is 0. The highest BCUT2D eigenvalue weighted by Crippen LogP contribution is 2.19. The van der Waals surface area contributed by atoms with Crippen molar-refractivity contribution in [2.75, 3.05) is 0 Å². The summed E-state index contributed by atoms with van der Waals surface area (Å²) in [7, 11) is 0. The molecule has 0 fully saturated rings. The van der Waals surface area contributed by atoms with Gasteiger partial charge in [-0.3, -0.25) is 9.89 Å². The van der Waals surface area contributed by atoms with Crippen molar-refractivity contribution >= 4 is 16.8 Å². The molecule has 2 aromatic heterocycles. The number of fused-ring (bicyclic) bond motifs is 1. The minimum absolute atomic E-state index is 0.0463. The van der Waals surface area contributed by atoms with Crippen LogP contribution in [-0.2, 0) is 0 Å². The molecule has 0 amide bonds. The van der Waals surface area contributed by atoms with Gasteiger partial charge in [0.05, 0.1) is 5.39 Å². The first-order chi connectivity index (χ1) is 6.59. The van der Waals surface area contributed by atoms with E-state index in [1.165, 1.54) is 0 Å². The van der Waals surface area contributed by atoms with Crippen LogP contribution in [0, 0.1) is 13.8 Å². The number of nitrogens with zero attached hydrogens (tertiary/aromatic N) is 2. The van der Waals surface area contributed by atoms with E-state index in [1.807, 2.05) is 13.8 Å². The summed E-state index contributed by atoms with van der Waals surface area (Å²) in [6.45, 7) is 5.30. The summed E-state index contributed by atoms with van der Waals surface area (Å²) in [5.41, 5.74) is 3.01. The van der Waals surface area contributed by atoms with Crippen LogP contribution >= 0.6 is 0 Å². The number of rotatable bonds is 1. The molecule has 0 spiro atoms. The number of H-pyrrole nitrogens is 1. The lowest BCUT2D eigenvalue weighted by Gasteiger charge is -2.00. The zero-order valence-electron chi connectivity index (χ0n) is 8.38. The molecule has 0 aliphatic rings. The number of aromatic amines is 1. The third kappa shape index (κ3) is 1.19. The van der Waals surface area contributed by atoms with Crippen LogP contribution in [0.15, 0.2) is 6.07 Å². The van der Waals surface area contributed by atoms with Gasteiger partial charge in [-0.25, -0.2) is 4.98 Å². The van der Waals surface area contributed by atoms with E-state index in [0.29, 0.717) is 11.2 Å². The molecule has 14 heavy (non-hydrogen) atoms. The van der Waals surface area contributed by atoms with E-state index < -0.39 is 0 Å². The normalized spacial score (nSPS) is 10.8. The molecule has 0 unspecified atom stereocenters. The van der Waals surface area contributed by atoms with Crippen LogP contribution < -0.4 is 0 Å². The molecule has 0 aromatic carbocycles. The number of pyridine rings is 1. The van der Waals surface area contributed by atoms with Gasteiger partial charge in [-0.1, -0.05) is 0 Å². The molecule has 4 nitrogen and oxygen atoms in total. The fraction of sp³-hybridized carbons (Fsp3) is 0.300. The number of hydrogen-bond donors (Lipinski definition) is 1. The standard InChI is InChI=1S/C10H11N3O/c1-5-4-8(7(3)14)9-6(2)12-13-10(9)11-5/h4H,1-3H3,(H,11,12,13). The number of aryl methyl sites for hydroxylation is 2. The van der Waals surface area contributed by atoms with E-state index in [0.717, 1.165) is 16.8 Å². The van der Waals surface area contributed by atoms with Crippen LogP contribution in [0.5, 0.6) is 0 Å². The minimum Gasteiger partial charge on any atom is -0.294 e. The highest BCUT2D eigenvalue weighted by Gasteiger charge is 2.12. The largest absolute Gasteiger partial charge is 0.294 e. The number of ketones is 1. The average molecular weight is 189 g/mol. The Bertz CT molecular complexity index is 513. The third-order valence-corrected chi connectivity index (χ3v) is 2.21. The Morgan fingerprint density at radius 2 is 2.14 bits per heavy atom. The summed E-state index contributed by atoms with van der Waals surface area (Å²) in [5, 5.41) is 7.70. The summed E-state index contributed by atoms with van der Waals surface area (Å²) in [5.74, 6) is 0.0463. The molecule has 2 rings (SSSR count). The van der Waals surface area contributed by atoms with Crippen LogP contribution in [0.2, 0.25) is 0 Å². The van der Waals surface area contributed by atoms with Crippen molar-refractivity contribution in [3.63, 3.8) is 0 Å². The molecule has 1 N–H and O–H groups in total. The molecule has 0 atom stereocenters. The second-order valence-corrected chi connectivity index (χ2v) is 3.41. The lowest BCUT2D eigenvalue weighted by Crippen LogP contribution is -1.96. The maximum absolute atomic E-state index is 11.4. The summed E-state index contributed by atoms with van der Waals surface area (Å²) in [6, 6.07) is 1.80. The maximum Gasteiger partial charge on any atom is 0.182 e. The first-order valence-corrected chi connectivity index (χ1v) is 4.43. The maximum atomic E-state index is 11.4. The predicted molar refractivity (Wildman–Crippen MR) is 53.4 cm³/mol. The molecule has 2 aromatic rings. The minimum atomic E-state index is 0.0463. The molecule has 0 saturated heterocycles. The fourth-order valence-corrected chi connectivity index (χ4v) is 1.58. The van der Waals surface area contributed by atoms with E-state index in [4.69, 9.17) is 0 Å². The molecule has 0 saturated carbocycles. The summed E-state index contributed by atoms with van der Waals surface area (Å²) < 4.78 is 0. The molecule has 2 heterocycles. The van der Waals surface area contributed by atoms with Crippen molar-refractivity contribution in [3.05, 3.63) is 23.0 Å². The van der Waals surface area contributed by atoms with Crippen molar-refractivity contribution in [2.24, 2.45) is 0 Å². The topological polar surface area (TPSA) is 58.6 Å². The Balaban J connectivity index is 2.90. The number of carbonyl (C=O) groups excluding carboxylic acids is 1. The second-order valence-electron chi connectivity index (χ2n) is 3.41. The lowest BCUT2D eigenvalue weighted by molar-refractivity contribution is 0.101. The van der Waals surface area contributed by atoms with E-state index in [1.54, 1.807) is 13.0 Å². The first kappa shape index (κ1) is 8.87.